The molecule has 0 radical (unpaired) electrons. The van der Waals surface area contributed by atoms with Gasteiger partial charge in [-0.3, -0.25) is 5.32 Å². The quantitative estimate of drug-likeness (QED) is 0.911. The van der Waals surface area contributed by atoms with Crippen molar-refractivity contribution in [1.82, 2.24) is 14.9 Å². The molecule has 1 unspecified atom stereocenters. The molecule has 1 N–H and O–H groups in total. The Morgan fingerprint density at radius 3 is 2.72 bits per heavy atom. The van der Waals surface area contributed by atoms with Crippen LogP contribution in [0, 0.1) is 11.3 Å². The van der Waals surface area contributed by atoms with Crippen LogP contribution in [0.4, 0.5) is 16.4 Å². The van der Waals surface area contributed by atoms with Gasteiger partial charge >= 0.3 is 6.03 Å². The molecule has 1 atom stereocenters. The highest BCUT2D eigenvalue weighted by Gasteiger charge is 2.59. The maximum absolute atomic E-state index is 12.9. The van der Waals surface area contributed by atoms with Crippen molar-refractivity contribution in [3.63, 3.8) is 0 Å². The summed E-state index contributed by atoms with van der Waals surface area (Å²) < 4.78 is 5.52. The fourth-order valence-electron chi connectivity index (χ4n) is 4.66. The molecule has 2 aliphatic heterocycles. The van der Waals surface area contributed by atoms with Crippen LogP contribution in [-0.4, -0.2) is 60.8 Å². The van der Waals surface area contributed by atoms with Gasteiger partial charge in [-0.15, -0.1) is 0 Å². The van der Waals surface area contributed by atoms with Gasteiger partial charge < -0.3 is 14.5 Å². The Bertz CT molecular complexity index is 640. The zero-order chi connectivity index (χ0) is 17.4. The molecule has 0 bridgehead atoms. The Morgan fingerprint density at radius 1 is 1.32 bits per heavy atom. The minimum atomic E-state index is -0.0302. The second kappa shape index (κ2) is 6.44. The van der Waals surface area contributed by atoms with Crippen LogP contribution >= 0.6 is 0 Å². The number of rotatable bonds is 3. The van der Waals surface area contributed by atoms with Gasteiger partial charge in [0.25, 0.3) is 0 Å². The first-order valence-electron chi connectivity index (χ1n) is 9.24. The molecule has 4 rings (SSSR count). The van der Waals surface area contributed by atoms with Crippen LogP contribution in [0.2, 0.25) is 0 Å². The Kier molecular flexibility index (Phi) is 4.27. The summed E-state index contributed by atoms with van der Waals surface area (Å²) in [5.41, 5.74) is 0.375. The number of nitrogens with one attached hydrogen (secondary N) is 1. The van der Waals surface area contributed by atoms with Crippen molar-refractivity contribution >= 4 is 17.7 Å². The molecule has 0 aromatic carbocycles. The lowest BCUT2D eigenvalue weighted by atomic mass is 9.54. The molecule has 1 aliphatic carbocycles. The van der Waals surface area contributed by atoms with Crippen molar-refractivity contribution in [2.75, 3.05) is 44.1 Å². The average molecular weight is 345 g/mol. The topological polar surface area (TPSA) is 70.6 Å². The van der Waals surface area contributed by atoms with Crippen molar-refractivity contribution in [3.05, 3.63) is 12.4 Å². The molecule has 3 aliphatic rings. The largest absolute Gasteiger partial charge is 0.381 e. The maximum atomic E-state index is 12.9. The molecule has 2 amide bonds. The molecule has 25 heavy (non-hydrogen) atoms. The Morgan fingerprint density at radius 2 is 2.08 bits per heavy atom. The van der Waals surface area contributed by atoms with Crippen LogP contribution in [0.1, 0.15) is 32.1 Å². The van der Waals surface area contributed by atoms with Crippen molar-refractivity contribution in [2.45, 2.75) is 38.1 Å². The zero-order valence-corrected chi connectivity index (χ0v) is 15.1. The summed E-state index contributed by atoms with van der Waals surface area (Å²) in [7, 11) is 3.84. The molecule has 2 saturated heterocycles. The molecule has 136 valence electrons. The summed E-state index contributed by atoms with van der Waals surface area (Å²) in [4.78, 5) is 25.2. The minimum absolute atomic E-state index is 0.0302. The Labute approximate surface area is 148 Å². The maximum Gasteiger partial charge on any atom is 0.323 e. The third-order valence-corrected chi connectivity index (χ3v) is 6.12. The fourth-order valence-corrected chi connectivity index (χ4v) is 4.66. The van der Waals surface area contributed by atoms with Gasteiger partial charge in [0.2, 0.25) is 0 Å². The number of nitrogens with zero attached hydrogens (tertiary/aromatic N) is 4. The van der Waals surface area contributed by atoms with Gasteiger partial charge in [0, 0.05) is 51.4 Å². The molecule has 1 aromatic rings. The number of likely N-dealkylation sites (tertiary alicyclic amines) is 1. The van der Waals surface area contributed by atoms with Gasteiger partial charge in [-0.05, 0) is 31.6 Å². The first-order chi connectivity index (χ1) is 12.1. The van der Waals surface area contributed by atoms with Gasteiger partial charge in [0.1, 0.15) is 18.0 Å². The lowest BCUT2D eigenvalue weighted by molar-refractivity contribution is -0.135. The summed E-state index contributed by atoms with van der Waals surface area (Å²) in [6.07, 6.45) is 7.44. The van der Waals surface area contributed by atoms with Crippen LogP contribution in [0.25, 0.3) is 0 Å². The smallest absolute Gasteiger partial charge is 0.323 e. The SMILES string of the molecule is CN(C)c1cc(NC(=O)N2CC3(CCC3)C2C2CCOCC2)ncn1. The van der Waals surface area contributed by atoms with E-state index in [0.717, 1.165) is 38.4 Å². The molecular weight excluding hydrogens is 318 g/mol. The lowest BCUT2D eigenvalue weighted by Crippen LogP contribution is -2.72. The average Bonchev–Trinajstić information content (AvgIpc) is 2.54. The molecule has 1 saturated carbocycles. The van der Waals surface area contributed by atoms with Gasteiger partial charge in [0.15, 0.2) is 0 Å². The van der Waals surface area contributed by atoms with Crippen molar-refractivity contribution in [2.24, 2.45) is 11.3 Å². The Hall–Kier alpha value is -1.89. The van der Waals surface area contributed by atoms with Gasteiger partial charge in [0.05, 0.1) is 0 Å². The second-order valence-corrected chi connectivity index (χ2v) is 7.82. The molecular formula is C18H27N5O2. The fraction of sp³-hybridized carbons (Fsp3) is 0.722. The number of carbonyl (C=O) groups is 1. The van der Waals surface area contributed by atoms with Crippen LogP contribution in [0.5, 0.6) is 0 Å². The number of carbonyl (C=O) groups excluding carboxylic acids is 1. The van der Waals surface area contributed by atoms with E-state index in [9.17, 15) is 4.79 Å². The number of hydrogen-bond acceptors (Lipinski definition) is 5. The van der Waals surface area contributed by atoms with E-state index in [-0.39, 0.29) is 6.03 Å². The standard InChI is InChI=1S/C18H27N5O2/c1-22(2)15-10-14(19-12-20-15)21-17(24)23-11-18(6-3-7-18)16(23)13-4-8-25-9-5-13/h10,12-13,16H,3-9,11H2,1-2H3,(H,19,20,21,24). The third-order valence-electron chi connectivity index (χ3n) is 6.12. The summed E-state index contributed by atoms with van der Waals surface area (Å²) in [6.45, 7) is 2.53. The van der Waals surface area contributed by atoms with E-state index in [1.54, 1.807) is 6.07 Å². The van der Waals surface area contributed by atoms with E-state index < -0.39 is 0 Å². The number of hydrogen-bond donors (Lipinski definition) is 1. The monoisotopic (exact) mass is 345 g/mol. The van der Waals surface area contributed by atoms with Crippen LogP contribution in [0.15, 0.2) is 12.4 Å². The highest BCUT2D eigenvalue weighted by molar-refractivity contribution is 5.89. The molecule has 3 fully saturated rings. The number of anilines is 2. The van der Waals surface area contributed by atoms with E-state index in [1.807, 2.05) is 23.9 Å². The number of aromatic nitrogens is 2. The van der Waals surface area contributed by atoms with Crippen molar-refractivity contribution in [1.29, 1.82) is 0 Å². The van der Waals surface area contributed by atoms with Gasteiger partial charge in [-0.1, -0.05) is 6.42 Å². The third kappa shape index (κ3) is 2.94. The van der Waals surface area contributed by atoms with E-state index in [4.69, 9.17) is 4.74 Å². The first kappa shape index (κ1) is 16.6. The van der Waals surface area contributed by atoms with Gasteiger partial charge in [-0.2, -0.15) is 0 Å². The Balaban J connectivity index is 1.46. The minimum Gasteiger partial charge on any atom is -0.381 e. The summed E-state index contributed by atoms with van der Waals surface area (Å²) in [6, 6.07) is 2.14. The number of amides is 2. The highest BCUT2D eigenvalue weighted by Crippen LogP contribution is 2.56. The number of ether oxygens (including phenoxy) is 1. The van der Waals surface area contributed by atoms with E-state index >= 15 is 0 Å². The van der Waals surface area contributed by atoms with Crippen molar-refractivity contribution < 1.29 is 9.53 Å². The predicted molar refractivity (Wildman–Crippen MR) is 95.7 cm³/mol. The summed E-state index contributed by atoms with van der Waals surface area (Å²) in [5, 5.41) is 2.97. The van der Waals surface area contributed by atoms with E-state index in [2.05, 4.69) is 15.3 Å². The van der Waals surface area contributed by atoms with Crippen molar-refractivity contribution in [3.8, 4) is 0 Å². The van der Waals surface area contributed by atoms with Crippen LogP contribution in [0.3, 0.4) is 0 Å². The zero-order valence-electron chi connectivity index (χ0n) is 15.1. The van der Waals surface area contributed by atoms with Crippen LogP contribution < -0.4 is 10.2 Å². The lowest BCUT2D eigenvalue weighted by Gasteiger charge is -2.64. The predicted octanol–water partition coefficient (Wildman–Crippen LogP) is 2.36. The van der Waals surface area contributed by atoms with Gasteiger partial charge in [-0.25, -0.2) is 14.8 Å². The second-order valence-electron chi connectivity index (χ2n) is 7.82. The molecule has 3 heterocycles. The van der Waals surface area contributed by atoms with Crippen LogP contribution in [-0.2, 0) is 4.74 Å². The van der Waals surface area contributed by atoms with E-state index in [0.29, 0.717) is 23.2 Å². The molecule has 7 nitrogen and oxygen atoms in total. The normalized spacial score (nSPS) is 25.2. The highest BCUT2D eigenvalue weighted by atomic mass is 16.5. The molecule has 7 heteroatoms. The first-order valence-corrected chi connectivity index (χ1v) is 9.24. The summed E-state index contributed by atoms with van der Waals surface area (Å²) >= 11 is 0. The summed E-state index contributed by atoms with van der Waals surface area (Å²) in [5.74, 6) is 1.91. The molecule has 1 aromatic heterocycles. The van der Waals surface area contributed by atoms with E-state index in [1.165, 1.54) is 25.6 Å². The molecule has 1 spiro atoms. The number of urea groups is 1.